The summed E-state index contributed by atoms with van der Waals surface area (Å²) in [7, 11) is 0. The monoisotopic (exact) mass is 219 g/mol. The number of benzene rings is 1. The van der Waals surface area contributed by atoms with E-state index in [4.69, 9.17) is 23.2 Å². The van der Waals surface area contributed by atoms with Crippen LogP contribution in [0.2, 0.25) is 5.02 Å². The van der Waals surface area contributed by atoms with Crippen LogP contribution in [-0.2, 0) is 0 Å². The molecule has 1 atom stereocenters. The molecule has 5 heteroatoms. The summed E-state index contributed by atoms with van der Waals surface area (Å²) in [6.45, 7) is 1.74. The molecule has 0 amide bonds. The lowest BCUT2D eigenvalue weighted by Crippen LogP contribution is -1.92. The van der Waals surface area contributed by atoms with E-state index >= 15 is 0 Å². The highest BCUT2D eigenvalue weighted by Crippen LogP contribution is 2.29. The molecule has 1 unspecified atom stereocenters. The van der Waals surface area contributed by atoms with Crippen molar-refractivity contribution in [1.82, 2.24) is 0 Å². The Hall–Kier alpha value is -0.800. The Kier molecular flexibility index (Phi) is 3.12. The molecule has 0 N–H and O–H groups in total. The van der Waals surface area contributed by atoms with Crippen molar-refractivity contribution in [2.24, 2.45) is 0 Å². The van der Waals surface area contributed by atoms with Crippen LogP contribution in [0.3, 0.4) is 0 Å². The lowest BCUT2D eigenvalue weighted by molar-refractivity contribution is -0.384. The van der Waals surface area contributed by atoms with Crippen molar-refractivity contribution >= 4 is 28.9 Å². The molecule has 0 bridgehead atoms. The van der Waals surface area contributed by atoms with Gasteiger partial charge in [0.15, 0.2) is 0 Å². The summed E-state index contributed by atoms with van der Waals surface area (Å²) in [5.41, 5.74) is 0.587. The summed E-state index contributed by atoms with van der Waals surface area (Å²) in [5.74, 6) is 0. The van der Waals surface area contributed by atoms with E-state index < -0.39 is 4.92 Å². The molecular formula is C8H7Cl2NO2. The van der Waals surface area contributed by atoms with Crippen molar-refractivity contribution < 1.29 is 4.92 Å². The van der Waals surface area contributed by atoms with Crippen LogP contribution in [0.15, 0.2) is 18.2 Å². The van der Waals surface area contributed by atoms with Crippen LogP contribution in [-0.4, -0.2) is 4.92 Å². The Labute approximate surface area is 85.4 Å². The van der Waals surface area contributed by atoms with Gasteiger partial charge in [0.05, 0.1) is 10.3 Å². The predicted molar refractivity (Wildman–Crippen MR) is 52.4 cm³/mol. The maximum Gasteiger partial charge on any atom is 0.288 e. The fourth-order valence-corrected chi connectivity index (χ4v) is 1.24. The van der Waals surface area contributed by atoms with Gasteiger partial charge in [-0.3, -0.25) is 10.1 Å². The van der Waals surface area contributed by atoms with Crippen LogP contribution >= 0.6 is 23.2 Å². The number of nitro groups is 1. The van der Waals surface area contributed by atoms with Crippen molar-refractivity contribution in [1.29, 1.82) is 0 Å². The predicted octanol–water partition coefficient (Wildman–Crippen LogP) is 3.55. The summed E-state index contributed by atoms with van der Waals surface area (Å²) in [4.78, 5) is 9.95. The van der Waals surface area contributed by atoms with Crippen molar-refractivity contribution in [2.75, 3.05) is 0 Å². The summed E-state index contributed by atoms with van der Waals surface area (Å²) in [5, 5.41) is 10.4. The first-order chi connectivity index (χ1) is 6.02. The molecule has 1 aromatic carbocycles. The van der Waals surface area contributed by atoms with Crippen molar-refractivity contribution in [2.45, 2.75) is 12.3 Å². The summed E-state index contributed by atoms with van der Waals surface area (Å²) in [6.07, 6.45) is 0. The molecule has 0 spiro atoms. The molecule has 1 aromatic rings. The molecule has 0 aromatic heterocycles. The molecule has 0 saturated carbocycles. The van der Waals surface area contributed by atoms with E-state index in [1.807, 2.05) is 0 Å². The highest BCUT2D eigenvalue weighted by molar-refractivity contribution is 6.32. The lowest BCUT2D eigenvalue weighted by Gasteiger charge is -2.02. The Morgan fingerprint density at radius 1 is 1.54 bits per heavy atom. The summed E-state index contributed by atoms with van der Waals surface area (Å²) in [6, 6.07) is 4.54. The highest BCUT2D eigenvalue weighted by atomic mass is 35.5. The van der Waals surface area contributed by atoms with E-state index in [-0.39, 0.29) is 16.1 Å². The second kappa shape index (κ2) is 3.94. The van der Waals surface area contributed by atoms with Gasteiger partial charge < -0.3 is 0 Å². The zero-order valence-electron chi connectivity index (χ0n) is 6.83. The average Bonchev–Trinajstić information content (AvgIpc) is 2.04. The van der Waals surface area contributed by atoms with Crippen LogP contribution in [0.4, 0.5) is 5.69 Å². The van der Waals surface area contributed by atoms with Gasteiger partial charge in [-0.25, -0.2) is 0 Å². The smallest absolute Gasteiger partial charge is 0.258 e. The normalized spacial score (nSPS) is 12.5. The third-order valence-electron chi connectivity index (χ3n) is 1.63. The largest absolute Gasteiger partial charge is 0.288 e. The molecule has 1 rings (SSSR count). The fourth-order valence-electron chi connectivity index (χ4n) is 0.917. The zero-order chi connectivity index (χ0) is 10.0. The van der Waals surface area contributed by atoms with Crippen LogP contribution in [0.25, 0.3) is 0 Å². The number of hydrogen-bond donors (Lipinski definition) is 0. The quantitative estimate of drug-likeness (QED) is 0.434. The SMILES string of the molecule is CC(Cl)c1ccc(Cl)c([N+](=O)[O-])c1. The Morgan fingerprint density at radius 3 is 2.62 bits per heavy atom. The molecule has 0 saturated heterocycles. The van der Waals surface area contributed by atoms with Gasteiger partial charge in [-0.05, 0) is 18.6 Å². The maximum absolute atomic E-state index is 10.5. The molecule has 0 aliphatic carbocycles. The van der Waals surface area contributed by atoms with Gasteiger partial charge in [-0.1, -0.05) is 17.7 Å². The maximum atomic E-state index is 10.5. The van der Waals surface area contributed by atoms with Crippen molar-refractivity contribution in [3.63, 3.8) is 0 Å². The third kappa shape index (κ3) is 2.32. The van der Waals surface area contributed by atoms with Crippen LogP contribution in [0, 0.1) is 10.1 Å². The molecule has 0 aliphatic rings. The second-order valence-electron chi connectivity index (χ2n) is 2.58. The molecule has 0 radical (unpaired) electrons. The molecule has 0 fully saturated rings. The minimum atomic E-state index is -0.523. The van der Waals surface area contributed by atoms with E-state index in [2.05, 4.69) is 0 Å². The average molecular weight is 220 g/mol. The lowest BCUT2D eigenvalue weighted by atomic mass is 10.1. The Bertz CT molecular complexity index is 339. The minimum Gasteiger partial charge on any atom is -0.258 e. The number of hydrogen-bond acceptors (Lipinski definition) is 2. The molecule has 3 nitrogen and oxygen atoms in total. The molecule has 13 heavy (non-hydrogen) atoms. The van der Waals surface area contributed by atoms with Gasteiger partial charge >= 0.3 is 0 Å². The van der Waals surface area contributed by atoms with E-state index in [0.717, 1.165) is 0 Å². The number of rotatable bonds is 2. The first kappa shape index (κ1) is 10.3. The van der Waals surface area contributed by atoms with Gasteiger partial charge in [0.25, 0.3) is 5.69 Å². The molecule has 0 heterocycles. The van der Waals surface area contributed by atoms with E-state index in [0.29, 0.717) is 5.56 Å². The van der Waals surface area contributed by atoms with Gasteiger partial charge in [-0.2, -0.15) is 0 Å². The summed E-state index contributed by atoms with van der Waals surface area (Å²) < 4.78 is 0. The topological polar surface area (TPSA) is 43.1 Å². The Morgan fingerprint density at radius 2 is 2.15 bits per heavy atom. The van der Waals surface area contributed by atoms with Gasteiger partial charge in [0, 0.05) is 6.07 Å². The van der Waals surface area contributed by atoms with Crippen LogP contribution in [0.1, 0.15) is 17.9 Å². The van der Waals surface area contributed by atoms with E-state index in [1.54, 1.807) is 13.0 Å². The number of halogens is 2. The first-order valence-corrected chi connectivity index (χ1v) is 4.41. The Balaban J connectivity index is 3.19. The fraction of sp³-hybridized carbons (Fsp3) is 0.250. The number of alkyl halides is 1. The zero-order valence-corrected chi connectivity index (χ0v) is 8.34. The summed E-state index contributed by atoms with van der Waals surface area (Å²) >= 11 is 11.4. The minimum absolute atomic E-state index is 0.105. The van der Waals surface area contributed by atoms with Crippen LogP contribution < -0.4 is 0 Å². The molecular weight excluding hydrogens is 213 g/mol. The molecule has 70 valence electrons. The van der Waals surface area contributed by atoms with Gasteiger partial charge in [-0.15, -0.1) is 11.6 Å². The second-order valence-corrected chi connectivity index (χ2v) is 3.65. The third-order valence-corrected chi connectivity index (χ3v) is 2.20. The van der Waals surface area contributed by atoms with E-state index in [1.165, 1.54) is 12.1 Å². The van der Waals surface area contributed by atoms with Crippen molar-refractivity contribution in [3.05, 3.63) is 38.9 Å². The standard InChI is InChI=1S/C8H7Cl2NO2/c1-5(9)6-2-3-7(10)8(4-6)11(12)13/h2-5H,1H3. The van der Waals surface area contributed by atoms with Gasteiger partial charge in [0.1, 0.15) is 5.02 Å². The number of nitrogens with zero attached hydrogens (tertiary/aromatic N) is 1. The number of nitro benzene ring substituents is 1. The highest BCUT2D eigenvalue weighted by Gasteiger charge is 2.14. The van der Waals surface area contributed by atoms with Crippen molar-refractivity contribution in [3.8, 4) is 0 Å². The first-order valence-electron chi connectivity index (χ1n) is 3.60. The van der Waals surface area contributed by atoms with E-state index in [9.17, 15) is 10.1 Å². The van der Waals surface area contributed by atoms with Gasteiger partial charge in [0.2, 0.25) is 0 Å². The molecule has 0 aliphatic heterocycles. The van der Waals surface area contributed by atoms with Crippen LogP contribution in [0.5, 0.6) is 0 Å².